The second kappa shape index (κ2) is 6.79. The first kappa shape index (κ1) is 15.6. The van der Waals surface area contributed by atoms with E-state index in [2.05, 4.69) is 14.7 Å². The lowest BCUT2D eigenvalue weighted by Crippen LogP contribution is -2.39. The molecule has 0 bridgehead atoms. The van der Waals surface area contributed by atoms with Crippen molar-refractivity contribution in [3.8, 4) is 0 Å². The first-order valence-corrected chi connectivity index (χ1v) is 9.29. The molecule has 1 aliphatic rings. The van der Waals surface area contributed by atoms with Crippen LogP contribution in [0.15, 0.2) is 11.1 Å². The number of anilines is 1. The summed E-state index contributed by atoms with van der Waals surface area (Å²) >= 11 is 1.93. The lowest BCUT2D eigenvalue weighted by Gasteiger charge is -2.25. The highest BCUT2D eigenvalue weighted by Crippen LogP contribution is 2.15. The van der Waals surface area contributed by atoms with Gasteiger partial charge in [-0.05, 0) is 6.92 Å². The van der Waals surface area contributed by atoms with Gasteiger partial charge >= 0.3 is 0 Å². The first-order valence-electron chi connectivity index (χ1n) is 6.65. The number of aromatic nitrogens is 2. The van der Waals surface area contributed by atoms with E-state index in [4.69, 9.17) is 5.73 Å². The maximum Gasteiger partial charge on any atom is 0.245 e. The van der Waals surface area contributed by atoms with E-state index in [1.807, 2.05) is 18.7 Å². The van der Waals surface area contributed by atoms with E-state index in [1.54, 1.807) is 0 Å². The molecule has 0 radical (unpaired) electrons. The van der Waals surface area contributed by atoms with Crippen LogP contribution in [0.1, 0.15) is 6.92 Å². The van der Waals surface area contributed by atoms with Gasteiger partial charge in [0.15, 0.2) is 5.82 Å². The maximum atomic E-state index is 12.2. The monoisotopic (exact) mass is 319 g/mol. The van der Waals surface area contributed by atoms with Gasteiger partial charge in [-0.15, -0.1) is 0 Å². The molecule has 2 rings (SSSR count). The van der Waals surface area contributed by atoms with E-state index in [0.29, 0.717) is 13.1 Å². The van der Waals surface area contributed by atoms with Crippen LogP contribution in [-0.4, -0.2) is 60.8 Å². The summed E-state index contributed by atoms with van der Waals surface area (Å²) in [4.78, 5) is 2.33. The summed E-state index contributed by atoms with van der Waals surface area (Å²) in [5, 5.41) is 3.96. The standard InChI is InChI=1S/C11H21N5O2S2/c1-2-16-9-10(11(12)14-16)20(17,18)13-3-4-15-5-7-19-8-6-15/h9,13H,2-8H2,1H3,(H2,12,14). The van der Waals surface area contributed by atoms with Gasteiger partial charge in [0.05, 0.1) is 0 Å². The van der Waals surface area contributed by atoms with Crippen molar-refractivity contribution in [2.45, 2.75) is 18.4 Å². The summed E-state index contributed by atoms with van der Waals surface area (Å²) < 4.78 is 28.4. The van der Waals surface area contributed by atoms with Crippen molar-refractivity contribution in [1.82, 2.24) is 19.4 Å². The molecule has 1 fully saturated rings. The van der Waals surface area contributed by atoms with Crippen LogP contribution in [-0.2, 0) is 16.6 Å². The number of nitrogens with one attached hydrogen (secondary N) is 1. The number of hydrogen-bond donors (Lipinski definition) is 2. The average molecular weight is 319 g/mol. The number of thioether (sulfide) groups is 1. The number of hydrogen-bond acceptors (Lipinski definition) is 6. The zero-order valence-corrected chi connectivity index (χ0v) is 13.2. The highest BCUT2D eigenvalue weighted by molar-refractivity contribution is 7.99. The van der Waals surface area contributed by atoms with E-state index in [0.717, 1.165) is 31.1 Å². The van der Waals surface area contributed by atoms with Crippen molar-refractivity contribution < 1.29 is 8.42 Å². The Bertz CT molecular complexity index is 537. The summed E-state index contributed by atoms with van der Waals surface area (Å²) in [7, 11) is -3.57. The molecule has 1 aromatic heterocycles. The summed E-state index contributed by atoms with van der Waals surface area (Å²) in [5.41, 5.74) is 5.65. The van der Waals surface area contributed by atoms with Crippen molar-refractivity contribution in [2.24, 2.45) is 0 Å². The number of nitrogens with zero attached hydrogens (tertiary/aromatic N) is 3. The van der Waals surface area contributed by atoms with Crippen molar-refractivity contribution in [3.63, 3.8) is 0 Å². The minimum atomic E-state index is -3.57. The average Bonchev–Trinajstić information content (AvgIpc) is 2.82. The predicted molar refractivity (Wildman–Crippen MR) is 81.3 cm³/mol. The summed E-state index contributed by atoms with van der Waals surface area (Å²) in [6, 6.07) is 0. The summed E-state index contributed by atoms with van der Waals surface area (Å²) in [5.74, 6) is 2.28. The van der Waals surface area contributed by atoms with Gasteiger partial charge in [0, 0.05) is 50.4 Å². The fourth-order valence-electron chi connectivity index (χ4n) is 2.03. The molecular weight excluding hydrogens is 298 g/mol. The SMILES string of the molecule is CCn1cc(S(=O)(=O)NCCN2CCSCC2)c(N)n1. The van der Waals surface area contributed by atoms with Gasteiger partial charge in [-0.25, -0.2) is 13.1 Å². The Kier molecular flexibility index (Phi) is 5.30. The lowest BCUT2D eigenvalue weighted by atomic mass is 10.5. The smallest absolute Gasteiger partial charge is 0.245 e. The summed E-state index contributed by atoms with van der Waals surface area (Å²) in [6.07, 6.45) is 1.47. The van der Waals surface area contributed by atoms with Crippen LogP contribution in [0.4, 0.5) is 5.82 Å². The van der Waals surface area contributed by atoms with Crippen molar-refractivity contribution in [1.29, 1.82) is 0 Å². The summed E-state index contributed by atoms with van der Waals surface area (Å²) in [6.45, 7) is 5.62. The first-order chi connectivity index (χ1) is 9.53. The molecule has 0 atom stereocenters. The Morgan fingerprint density at radius 1 is 1.45 bits per heavy atom. The van der Waals surface area contributed by atoms with Gasteiger partial charge in [-0.2, -0.15) is 16.9 Å². The minimum absolute atomic E-state index is 0.0497. The fraction of sp³-hybridized carbons (Fsp3) is 0.727. The molecule has 1 saturated heterocycles. The highest BCUT2D eigenvalue weighted by Gasteiger charge is 2.21. The van der Waals surface area contributed by atoms with Crippen molar-refractivity contribution >= 4 is 27.6 Å². The van der Waals surface area contributed by atoms with E-state index in [1.165, 1.54) is 10.9 Å². The Hall–Kier alpha value is -0.770. The molecule has 9 heteroatoms. The van der Waals surface area contributed by atoms with Crippen LogP contribution in [0.2, 0.25) is 0 Å². The number of rotatable bonds is 6. The third-order valence-electron chi connectivity index (χ3n) is 3.19. The van der Waals surface area contributed by atoms with Gasteiger partial charge < -0.3 is 10.6 Å². The third kappa shape index (κ3) is 3.87. The molecule has 20 heavy (non-hydrogen) atoms. The number of nitrogens with two attached hydrogens (primary N) is 1. The molecule has 0 spiro atoms. The Balaban J connectivity index is 1.91. The normalized spacial score (nSPS) is 17.4. The second-order valence-corrected chi connectivity index (χ2v) is 7.55. The molecule has 0 saturated carbocycles. The van der Waals surface area contributed by atoms with Crippen molar-refractivity contribution in [3.05, 3.63) is 6.20 Å². The van der Waals surface area contributed by atoms with Crippen LogP contribution in [0, 0.1) is 0 Å². The van der Waals surface area contributed by atoms with E-state index in [9.17, 15) is 8.42 Å². The maximum absolute atomic E-state index is 12.2. The third-order valence-corrected chi connectivity index (χ3v) is 5.61. The van der Waals surface area contributed by atoms with Crippen LogP contribution in [0.3, 0.4) is 0 Å². The molecule has 7 nitrogen and oxygen atoms in total. The van der Waals surface area contributed by atoms with Crippen LogP contribution in [0.25, 0.3) is 0 Å². The topological polar surface area (TPSA) is 93.2 Å². The molecule has 0 amide bonds. The van der Waals surface area contributed by atoms with Gasteiger partial charge in [0.25, 0.3) is 0 Å². The molecule has 0 unspecified atom stereocenters. The number of aryl methyl sites for hydroxylation is 1. The van der Waals surface area contributed by atoms with Crippen molar-refractivity contribution in [2.75, 3.05) is 43.4 Å². The minimum Gasteiger partial charge on any atom is -0.381 e. The Morgan fingerprint density at radius 3 is 2.75 bits per heavy atom. The molecule has 1 aliphatic heterocycles. The van der Waals surface area contributed by atoms with E-state index >= 15 is 0 Å². The highest BCUT2D eigenvalue weighted by atomic mass is 32.2. The largest absolute Gasteiger partial charge is 0.381 e. The molecular formula is C11H21N5O2S2. The molecule has 1 aromatic rings. The zero-order valence-electron chi connectivity index (χ0n) is 11.6. The van der Waals surface area contributed by atoms with Gasteiger partial charge in [0.2, 0.25) is 10.0 Å². The fourth-order valence-corrected chi connectivity index (χ4v) is 4.10. The predicted octanol–water partition coefficient (Wildman–Crippen LogP) is -0.188. The zero-order chi connectivity index (χ0) is 14.6. The van der Waals surface area contributed by atoms with Gasteiger partial charge in [0.1, 0.15) is 4.90 Å². The van der Waals surface area contributed by atoms with Crippen LogP contribution < -0.4 is 10.5 Å². The lowest BCUT2D eigenvalue weighted by molar-refractivity contribution is 0.307. The molecule has 2 heterocycles. The number of nitrogen functional groups attached to an aromatic ring is 1. The van der Waals surface area contributed by atoms with Crippen LogP contribution in [0.5, 0.6) is 0 Å². The Morgan fingerprint density at radius 2 is 2.15 bits per heavy atom. The molecule has 0 aromatic carbocycles. The van der Waals surface area contributed by atoms with Gasteiger partial charge in [-0.1, -0.05) is 0 Å². The molecule has 0 aliphatic carbocycles. The second-order valence-electron chi connectivity index (χ2n) is 4.59. The van der Waals surface area contributed by atoms with Gasteiger partial charge in [-0.3, -0.25) is 4.68 Å². The molecule has 114 valence electrons. The molecule has 3 N–H and O–H groups in total. The van der Waals surface area contributed by atoms with E-state index in [-0.39, 0.29) is 10.7 Å². The Labute approximate surface area is 123 Å². The quantitative estimate of drug-likeness (QED) is 0.755. The van der Waals surface area contributed by atoms with E-state index < -0.39 is 10.0 Å². The number of sulfonamides is 1. The van der Waals surface area contributed by atoms with Crippen LogP contribution >= 0.6 is 11.8 Å².